The van der Waals surface area contributed by atoms with Crippen LogP contribution in [0.25, 0.3) is 0 Å². The van der Waals surface area contributed by atoms with Crippen LogP contribution in [-0.2, 0) is 6.42 Å². The van der Waals surface area contributed by atoms with Gasteiger partial charge in [-0.25, -0.2) is 0 Å². The molecule has 3 atom stereocenters. The Kier molecular flexibility index (Phi) is 4.08. The molecular weight excluding hydrogens is 192 g/mol. The molecule has 6 N–H and O–H groups in total. The summed E-state index contributed by atoms with van der Waals surface area (Å²) in [7, 11) is 0. The maximum atomic E-state index is 9.73. The van der Waals surface area contributed by atoms with Gasteiger partial charge >= 0.3 is 0 Å². The molecule has 0 spiro atoms. The van der Waals surface area contributed by atoms with Crippen molar-refractivity contribution in [1.29, 1.82) is 0 Å². The van der Waals surface area contributed by atoms with Gasteiger partial charge in [-0.1, -0.05) is 18.2 Å². The van der Waals surface area contributed by atoms with Crippen molar-refractivity contribution in [1.82, 2.24) is 0 Å². The summed E-state index contributed by atoms with van der Waals surface area (Å²) in [6.45, 7) is 1.56. The van der Waals surface area contributed by atoms with Crippen molar-refractivity contribution >= 4 is 5.69 Å². The van der Waals surface area contributed by atoms with Gasteiger partial charge in [-0.3, -0.25) is 0 Å². The molecule has 4 heteroatoms. The second-order valence-corrected chi connectivity index (χ2v) is 3.79. The quantitative estimate of drug-likeness (QED) is 0.521. The number of aliphatic hydroxyl groups excluding tert-OH is 2. The fraction of sp³-hybridized carbons (Fsp3) is 0.455. The Balaban J connectivity index is 2.66. The third-order valence-electron chi connectivity index (χ3n) is 2.49. The largest absolute Gasteiger partial charge is 0.399 e. The average molecular weight is 210 g/mol. The highest BCUT2D eigenvalue weighted by Crippen LogP contribution is 2.14. The standard InChI is InChI=1S/C11H18N2O2/c1-7(14)11(13)10(15)6-8-4-2-3-5-9(8)12/h2-5,7,10-11,14-15H,6,12-13H2,1H3. The van der Waals surface area contributed by atoms with E-state index >= 15 is 0 Å². The number of nitrogen functional groups attached to an aromatic ring is 1. The highest BCUT2D eigenvalue weighted by molar-refractivity contribution is 5.46. The Morgan fingerprint density at radius 2 is 1.87 bits per heavy atom. The zero-order valence-corrected chi connectivity index (χ0v) is 8.80. The molecule has 1 aromatic rings. The lowest BCUT2D eigenvalue weighted by Gasteiger charge is -2.21. The number of para-hydroxylation sites is 1. The molecule has 0 saturated heterocycles. The van der Waals surface area contributed by atoms with Crippen molar-refractivity contribution < 1.29 is 10.2 Å². The summed E-state index contributed by atoms with van der Waals surface area (Å²) in [5, 5.41) is 18.9. The van der Waals surface area contributed by atoms with E-state index in [-0.39, 0.29) is 0 Å². The second kappa shape index (κ2) is 5.11. The van der Waals surface area contributed by atoms with E-state index in [1.54, 1.807) is 13.0 Å². The number of hydrogen-bond acceptors (Lipinski definition) is 4. The van der Waals surface area contributed by atoms with E-state index in [1.807, 2.05) is 18.2 Å². The van der Waals surface area contributed by atoms with Crippen LogP contribution >= 0.6 is 0 Å². The number of nitrogens with two attached hydrogens (primary N) is 2. The van der Waals surface area contributed by atoms with Crippen LogP contribution in [-0.4, -0.2) is 28.5 Å². The molecule has 0 heterocycles. The van der Waals surface area contributed by atoms with E-state index in [0.717, 1.165) is 5.56 Å². The van der Waals surface area contributed by atoms with Crippen LogP contribution in [0.4, 0.5) is 5.69 Å². The van der Waals surface area contributed by atoms with Gasteiger partial charge in [0.15, 0.2) is 0 Å². The molecule has 1 rings (SSSR count). The normalized spacial score (nSPS) is 17.1. The molecule has 0 aliphatic rings. The van der Waals surface area contributed by atoms with Crippen LogP contribution in [0, 0.1) is 0 Å². The molecule has 0 amide bonds. The summed E-state index contributed by atoms with van der Waals surface area (Å²) in [5.41, 5.74) is 12.8. The lowest BCUT2D eigenvalue weighted by Crippen LogP contribution is -2.44. The van der Waals surface area contributed by atoms with E-state index in [2.05, 4.69) is 0 Å². The minimum absolute atomic E-state index is 0.360. The first-order valence-corrected chi connectivity index (χ1v) is 4.97. The van der Waals surface area contributed by atoms with Gasteiger partial charge in [0.25, 0.3) is 0 Å². The molecule has 0 bridgehead atoms. The third-order valence-corrected chi connectivity index (χ3v) is 2.49. The van der Waals surface area contributed by atoms with Crippen LogP contribution in [0.15, 0.2) is 24.3 Å². The van der Waals surface area contributed by atoms with Crippen LogP contribution in [0.1, 0.15) is 12.5 Å². The molecular formula is C11H18N2O2. The van der Waals surface area contributed by atoms with Gasteiger partial charge in [0.1, 0.15) is 0 Å². The van der Waals surface area contributed by atoms with E-state index < -0.39 is 18.2 Å². The van der Waals surface area contributed by atoms with Gasteiger partial charge in [0.05, 0.1) is 18.2 Å². The average Bonchev–Trinajstić information content (AvgIpc) is 2.20. The fourth-order valence-corrected chi connectivity index (χ4v) is 1.40. The number of anilines is 1. The number of benzene rings is 1. The molecule has 3 unspecified atom stereocenters. The van der Waals surface area contributed by atoms with E-state index in [4.69, 9.17) is 11.5 Å². The summed E-state index contributed by atoms with van der Waals surface area (Å²) in [6.07, 6.45) is -1.15. The molecule has 15 heavy (non-hydrogen) atoms. The molecule has 0 aromatic heterocycles. The topological polar surface area (TPSA) is 92.5 Å². The van der Waals surface area contributed by atoms with Gasteiger partial charge < -0.3 is 21.7 Å². The first-order chi connectivity index (χ1) is 7.02. The molecule has 0 aliphatic carbocycles. The maximum Gasteiger partial charge on any atom is 0.0757 e. The first kappa shape index (κ1) is 12.0. The summed E-state index contributed by atoms with van der Waals surface area (Å²) < 4.78 is 0. The van der Waals surface area contributed by atoms with Gasteiger partial charge in [0, 0.05) is 12.1 Å². The smallest absolute Gasteiger partial charge is 0.0757 e. The Labute approximate surface area is 89.5 Å². The third kappa shape index (κ3) is 3.20. The minimum Gasteiger partial charge on any atom is -0.399 e. The van der Waals surface area contributed by atoms with Crippen molar-refractivity contribution in [2.75, 3.05) is 5.73 Å². The van der Waals surface area contributed by atoms with E-state index in [9.17, 15) is 10.2 Å². The van der Waals surface area contributed by atoms with Gasteiger partial charge in [-0.15, -0.1) is 0 Å². The zero-order chi connectivity index (χ0) is 11.4. The summed E-state index contributed by atoms with van der Waals surface area (Å²) in [5.74, 6) is 0. The van der Waals surface area contributed by atoms with Crippen LogP contribution < -0.4 is 11.5 Å². The maximum absolute atomic E-state index is 9.73. The number of rotatable bonds is 4. The monoisotopic (exact) mass is 210 g/mol. The van der Waals surface area contributed by atoms with E-state index in [1.165, 1.54) is 0 Å². The highest BCUT2D eigenvalue weighted by atomic mass is 16.3. The molecule has 84 valence electrons. The zero-order valence-electron chi connectivity index (χ0n) is 8.80. The number of aliphatic hydroxyl groups is 2. The number of hydrogen-bond donors (Lipinski definition) is 4. The summed E-state index contributed by atoms with van der Waals surface area (Å²) >= 11 is 0. The van der Waals surface area contributed by atoms with Crippen LogP contribution in [0.5, 0.6) is 0 Å². The first-order valence-electron chi connectivity index (χ1n) is 4.97. The lowest BCUT2D eigenvalue weighted by atomic mass is 9.98. The van der Waals surface area contributed by atoms with Crippen molar-refractivity contribution in [3.05, 3.63) is 29.8 Å². The van der Waals surface area contributed by atoms with Gasteiger partial charge in [0.2, 0.25) is 0 Å². The molecule has 4 nitrogen and oxygen atoms in total. The Morgan fingerprint density at radius 3 is 2.40 bits per heavy atom. The predicted molar refractivity (Wildman–Crippen MR) is 60.2 cm³/mol. The highest BCUT2D eigenvalue weighted by Gasteiger charge is 2.20. The minimum atomic E-state index is -0.783. The van der Waals surface area contributed by atoms with Crippen molar-refractivity contribution in [2.45, 2.75) is 31.6 Å². The molecule has 0 radical (unpaired) electrons. The SMILES string of the molecule is CC(O)C(N)C(O)Cc1ccccc1N. The Morgan fingerprint density at radius 1 is 1.27 bits per heavy atom. The van der Waals surface area contributed by atoms with Gasteiger partial charge in [-0.2, -0.15) is 0 Å². The molecule has 1 aromatic carbocycles. The summed E-state index contributed by atoms with van der Waals surface area (Å²) in [6, 6.07) is 6.65. The van der Waals surface area contributed by atoms with Crippen LogP contribution in [0.2, 0.25) is 0 Å². The van der Waals surface area contributed by atoms with Crippen molar-refractivity contribution in [3.8, 4) is 0 Å². The van der Waals surface area contributed by atoms with E-state index in [0.29, 0.717) is 12.1 Å². The van der Waals surface area contributed by atoms with Crippen LogP contribution in [0.3, 0.4) is 0 Å². The molecule has 0 fully saturated rings. The Bertz CT molecular complexity index is 315. The Hall–Kier alpha value is -1.10. The van der Waals surface area contributed by atoms with Gasteiger partial charge in [-0.05, 0) is 18.6 Å². The second-order valence-electron chi connectivity index (χ2n) is 3.79. The fourth-order valence-electron chi connectivity index (χ4n) is 1.40. The summed E-state index contributed by atoms with van der Waals surface area (Å²) in [4.78, 5) is 0. The van der Waals surface area contributed by atoms with Crippen molar-refractivity contribution in [2.24, 2.45) is 5.73 Å². The molecule has 0 saturated carbocycles. The lowest BCUT2D eigenvalue weighted by molar-refractivity contribution is 0.0657. The molecule has 0 aliphatic heterocycles. The predicted octanol–water partition coefficient (Wildman–Crippen LogP) is -0.120. The van der Waals surface area contributed by atoms with Crippen molar-refractivity contribution in [3.63, 3.8) is 0 Å².